The van der Waals surface area contributed by atoms with E-state index in [0.29, 0.717) is 19.4 Å². The quantitative estimate of drug-likeness (QED) is 0.501. The van der Waals surface area contributed by atoms with Gasteiger partial charge in [-0.15, -0.1) is 0 Å². The average Bonchev–Trinajstić information content (AvgIpc) is 2.60. The van der Waals surface area contributed by atoms with Crippen molar-refractivity contribution in [2.45, 2.75) is 32.7 Å². The van der Waals surface area contributed by atoms with Gasteiger partial charge in [0.1, 0.15) is 0 Å². The van der Waals surface area contributed by atoms with Crippen LogP contribution in [-0.4, -0.2) is 27.3 Å². The lowest BCUT2D eigenvalue weighted by Crippen LogP contribution is -2.26. The maximum Gasteiger partial charge on any atom is 0.211 e. The second-order valence-electron chi connectivity index (χ2n) is 6.17. The summed E-state index contributed by atoms with van der Waals surface area (Å²) in [6.45, 7) is 5.24. The van der Waals surface area contributed by atoms with Crippen molar-refractivity contribution in [1.29, 1.82) is 0 Å². The molecule has 1 atom stereocenters. The molecule has 136 valence electrons. The summed E-state index contributed by atoms with van der Waals surface area (Å²) in [6.07, 6.45) is 5.40. The van der Waals surface area contributed by atoms with Gasteiger partial charge in [0, 0.05) is 19.1 Å². The lowest BCUT2D eigenvalue weighted by molar-refractivity contribution is 0.580. The Bertz CT molecular complexity index is 795. The Morgan fingerprint density at radius 3 is 2.64 bits per heavy atom. The van der Waals surface area contributed by atoms with Crippen molar-refractivity contribution in [3.8, 4) is 0 Å². The molecular weight excluding hydrogens is 332 g/mol. The van der Waals surface area contributed by atoms with Crippen LogP contribution < -0.4 is 10.0 Å². The predicted molar refractivity (Wildman–Crippen MR) is 106 cm³/mol. The molecule has 25 heavy (non-hydrogen) atoms. The van der Waals surface area contributed by atoms with Crippen LogP contribution in [0.25, 0.3) is 10.8 Å². The van der Waals surface area contributed by atoms with E-state index in [-0.39, 0.29) is 11.8 Å². The molecule has 2 rings (SSSR count). The highest BCUT2D eigenvalue weighted by molar-refractivity contribution is 7.89. The minimum absolute atomic E-state index is 0.195. The molecule has 2 aromatic rings. The van der Waals surface area contributed by atoms with Crippen LogP contribution in [0.15, 0.2) is 54.6 Å². The first kappa shape index (κ1) is 19.6. The van der Waals surface area contributed by atoms with Crippen molar-refractivity contribution in [1.82, 2.24) is 10.0 Å². The van der Waals surface area contributed by atoms with Crippen LogP contribution in [0, 0.1) is 0 Å². The molecule has 0 radical (unpaired) electrons. The highest BCUT2D eigenvalue weighted by atomic mass is 32.2. The first-order valence-electron chi connectivity index (χ1n) is 8.87. The van der Waals surface area contributed by atoms with Gasteiger partial charge >= 0.3 is 0 Å². The van der Waals surface area contributed by atoms with Crippen LogP contribution in [0.3, 0.4) is 0 Å². The van der Waals surface area contributed by atoms with Gasteiger partial charge in [-0.2, -0.15) is 0 Å². The van der Waals surface area contributed by atoms with Gasteiger partial charge in [-0.05, 0) is 36.1 Å². The average molecular weight is 361 g/mol. The van der Waals surface area contributed by atoms with Gasteiger partial charge in [-0.1, -0.05) is 61.5 Å². The Balaban J connectivity index is 1.77. The van der Waals surface area contributed by atoms with E-state index in [9.17, 15) is 8.42 Å². The largest absolute Gasteiger partial charge is 0.307 e. The van der Waals surface area contributed by atoms with Crippen molar-refractivity contribution < 1.29 is 8.42 Å². The van der Waals surface area contributed by atoms with Crippen LogP contribution >= 0.6 is 0 Å². The molecule has 0 bridgehead atoms. The van der Waals surface area contributed by atoms with Gasteiger partial charge in [-0.25, -0.2) is 13.1 Å². The SMILES string of the molecule is CCCS(=O)(=O)NCC/C=C/CN[C@H](C)c1cccc2ccccc12. The van der Waals surface area contributed by atoms with E-state index >= 15 is 0 Å². The van der Waals surface area contributed by atoms with Gasteiger partial charge in [0.2, 0.25) is 10.0 Å². The standard InChI is InChI=1S/C20H28N2O2S/c1-3-16-25(23,24)22-15-8-4-7-14-21-17(2)19-13-9-11-18-10-5-6-12-20(18)19/h4-7,9-13,17,21-22H,3,8,14-16H2,1-2H3/b7-4+/t17-/m1/s1. The summed E-state index contributed by atoms with van der Waals surface area (Å²) in [4.78, 5) is 0. The molecule has 0 aromatic heterocycles. The molecule has 0 spiro atoms. The normalized spacial score (nSPS) is 13.5. The number of nitrogens with one attached hydrogen (secondary N) is 2. The second kappa shape index (κ2) is 9.70. The highest BCUT2D eigenvalue weighted by Gasteiger charge is 2.08. The van der Waals surface area contributed by atoms with Gasteiger partial charge in [-0.3, -0.25) is 0 Å². The van der Waals surface area contributed by atoms with Crippen molar-refractivity contribution in [2.75, 3.05) is 18.8 Å². The zero-order chi connectivity index (χ0) is 18.1. The lowest BCUT2D eigenvalue weighted by atomic mass is 10.00. The van der Waals surface area contributed by atoms with Gasteiger partial charge in [0.15, 0.2) is 0 Å². The van der Waals surface area contributed by atoms with Crippen molar-refractivity contribution in [3.05, 3.63) is 60.2 Å². The van der Waals surface area contributed by atoms with E-state index in [2.05, 4.69) is 65.5 Å². The second-order valence-corrected chi connectivity index (χ2v) is 8.10. The fraction of sp³-hybridized carbons (Fsp3) is 0.400. The zero-order valence-corrected chi connectivity index (χ0v) is 15.9. The van der Waals surface area contributed by atoms with Gasteiger partial charge < -0.3 is 5.32 Å². The molecule has 0 saturated carbocycles. The molecule has 2 aromatic carbocycles. The fourth-order valence-electron chi connectivity index (χ4n) is 2.82. The maximum absolute atomic E-state index is 11.5. The third-order valence-corrected chi connectivity index (χ3v) is 5.69. The van der Waals surface area contributed by atoms with Gasteiger partial charge in [0.05, 0.1) is 5.75 Å². The number of benzene rings is 2. The summed E-state index contributed by atoms with van der Waals surface area (Å²) in [6, 6.07) is 15.0. The Labute approximate surface area is 151 Å². The number of sulfonamides is 1. The topological polar surface area (TPSA) is 58.2 Å². The van der Waals surface area contributed by atoms with E-state index in [1.54, 1.807) is 0 Å². The number of hydrogen-bond donors (Lipinski definition) is 2. The summed E-state index contributed by atoms with van der Waals surface area (Å²) < 4.78 is 25.7. The minimum Gasteiger partial charge on any atom is -0.307 e. The van der Waals surface area contributed by atoms with E-state index in [1.165, 1.54) is 16.3 Å². The fourth-order valence-corrected chi connectivity index (χ4v) is 3.93. The molecular formula is C20H28N2O2S. The summed E-state index contributed by atoms with van der Waals surface area (Å²) in [5, 5.41) is 6.02. The first-order valence-corrected chi connectivity index (χ1v) is 10.5. The molecule has 0 aliphatic heterocycles. The number of fused-ring (bicyclic) bond motifs is 1. The van der Waals surface area contributed by atoms with E-state index in [4.69, 9.17) is 0 Å². The molecule has 0 heterocycles. The van der Waals surface area contributed by atoms with Crippen LogP contribution in [0.5, 0.6) is 0 Å². The summed E-state index contributed by atoms with van der Waals surface area (Å²) in [5.74, 6) is 0.195. The van der Waals surface area contributed by atoms with Crippen LogP contribution in [-0.2, 0) is 10.0 Å². The Kier molecular flexibility index (Phi) is 7.62. The Morgan fingerprint density at radius 2 is 1.84 bits per heavy atom. The number of hydrogen-bond acceptors (Lipinski definition) is 3. The molecule has 5 heteroatoms. The molecule has 0 unspecified atom stereocenters. The molecule has 0 amide bonds. The molecule has 4 nitrogen and oxygen atoms in total. The highest BCUT2D eigenvalue weighted by Crippen LogP contribution is 2.23. The molecule has 0 saturated heterocycles. The molecule has 0 fully saturated rings. The van der Waals surface area contributed by atoms with Crippen LogP contribution in [0.1, 0.15) is 38.3 Å². The van der Waals surface area contributed by atoms with E-state index in [1.807, 2.05) is 13.0 Å². The predicted octanol–water partition coefficient (Wildman–Crippen LogP) is 3.77. The van der Waals surface area contributed by atoms with Crippen LogP contribution in [0.4, 0.5) is 0 Å². The van der Waals surface area contributed by atoms with Crippen molar-refractivity contribution in [2.24, 2.45) is 0 Å². The van der Waals surface area contributed by atoms with Crippen molar-refractivity contribution >= 4 is 20.8 Å². The molecule has 0 aliphatic rings. The summed E-state index contributed by atoms with van der Waals surface area (Å²) in [5.41, 5.74) is 1.29. The van der Waals surface area contributed by atoms with E-state index < -0.39 is 10.0 Å². The molecule has 2 N–H and O–H groups in total. The summed E-state index contributed by atoms with van der Waals surface area (Å²) >= 11 is 0. The maximum atomic E-state index is 11.5. The third-order valence-electron chi connectivity index (χ3n) is 4.10. The number of rotatable bonds is 10. The third kappa shape index (κ3) is 6.27. The Hall–Kier alpha value is -1.69. The first-order chi connectivity index (χ1) is 12.0. The monoisotopic (exact) mass is 360 g/mol. The van der Waals surface area contributed by atoms with Crippen LogP contribution in [0.2, 0.25) is 0 Å². The summed E-state index contributed by atoms with van der Waals surface area (Å²) in [7, 11) is -3.09. The minimum atomic E-state index is -3.09. The smallest absolute Gasteiger partial charge is 0.211 e. The lowest BCUT2D eigenvalue weighted by Gasteiger charge is -2.15. The molecule has 0 aliphatic carbocycles. The Morgan fingerprint density at radius 1 is 1.08 bits per heavy atom. The zero-order valence-electron chi connectivity index (χ0n) is 15.0. The van der Waals surface area contributed by atoms with Gasteiger partial charge in [0.25, 0.3) is 0 Å². The van der Waals surface area contributed by atoms with E-state index in [0.717, 1.165) is 6.54 Å². The van der Waals surface area contributed by atoms with Crippen molar-refractivity contribution in [3.63, 3.8) is 0 Å².